The Morgan fingerprint density at radius 3 is 2.20 bits per heavy atom. The molecule has 0 aromatic heterocycles. The van der Waals surface area contributed by atoms with E-state index in [2.05, 4.69) is 4.99 Å². The number of benzene rings is 2. The van der Waals surface area contributed by atoms with Gasteiger partial charge in [0.25, 0.3) is 0 Å². The summed E-state index contributed by atoms with van der Waals surface area (Å²) in [5, 5.41) is 11.0. The Balaban J connectivity index is 1.85. The zero-order valence-corrected chi connectivity index (χ0v) is 20.1. The molecule has 1 aliphatic heterocycles. The predicted molar refractivity (Wildman–Crippen MR) is 127 cm³/mol. The first-order valence-electron chi connectivity index (χ1n) is 10.9. The average molecular weight is 481 g/mol. The highest BCUT2D eigenvalue weighted by Gasteiger charge is 2.41. The van der Waals surface area contributed by atoms with E-state index < -0.39 is 29.6 Å². The fourth-order valence-corrected chi connectivity index (χ4v) is 3.59. The van der Waals surface area contributed by atoms with Crippen LogP contribution in [-0.4, -0.2) is 54.1 Å². The van der Waals surface area contributed by atoms with Gasteiger partial charge >= 0.3 is 17.9 Å². The maximum atomic E-state index is 12.6. The Bertz CT molecular complexity index is 1140. The standard InChI is InChI=1S/C26H28N2O7/c1-26(2,15-19(29)34-16-17-11-7-5-8-12-17)25-27-20(24(32)33-4)21(22(30)28(25)3)35-23(31)18-13-9-6-10-14-18/h5-14,22,30H,15-16H2,1-4H3. The molecule has 35 heavy (non-hydrogen) atoms. The van der Waals surface area contributed by atoms with Crippen molar-refractivity contribution in [2.45, 2.75) is 33.1 Å². The zero-order valence-electron chi connectivity index (χ0n) is 20.1. The fraction of sp³-hybridized carbons (Fsp3) is 0.308. The van der Waals surface area contributed by atoms with Crippen molar-refractivity contribution in [1.82, 2.24) is 4.90 Å². The number of aliphatic hydroxyl groups is 1. The number of rotatable bonds is 8. The Hall–Kier alpha value is -3.98. The molecule has 0 fully saturated rings. The first kappa shape index (κ1) is 25.6. The van der Waals surface area contributed by atoms with E-state index in [1.807, 2.05) is 30.3 Å². The summed E-state index contributed by atoms with van der Waals surface area (Å²) in [7, 11) is 2.67. The van der Waals surface area contributed by atoms with Gasteiger partial charge in [0.1, 0.15) is 12.4 Å². The van der Waals surface area contributed by atoms with E-state index >= 15 is 0 Å². The lowest BCUT2D eigenvalue weighted by atomic mass is 9.86. The van der Waals surface area contributed by atoms with E-state index in [4.69, 9.17) is 14.2 Å². The van der Waals surface area contributed by atoms with Crippen LogP contribution in [0, 0.1) is 5.41 Å². The summed E-state index contributed by atoms with van der Waals surface area (Å²) in [5.41, 5.74) is -0.224. The van der Waals surface area contributed by atoms with Gasteiger partial charge in [0.15, 0.2) is 17.7 Å². The second-order valence-corrected chi connectivity index (χ2v) is 8.59. The van der Waals surface area contributed by atoms with Gasteiger partial charge in [0, 0.05) is 12.5 Å². The van der Waals surface area contributed by atoms with Crippen molar-refractivity contribution in [3.63, 3.8) is 0 Å². The molecule has 0 saturated carbocycles. The van der Waals surface area contributed by atoms with Crippen molar-refractivity contribution >= 4 is 23.7 Å². The molecule has 0 aliphatic carbocycles. The predicted octanol–water partition coefficient (Wildman–Crippen LogP) is 3.05. The number of amidine groups is 1. The Morgan fingerprint density at radius 2 is 1.60 bits per heavy atom. The number of hydrogen-bond donors (Lipinski definition) is 1. The van der Waals surface area contributed by atoms with Gasteiger partial charge < -0.3 is 24.2 Å². The number of nitrogens with zero attached hydrogens (tertiary/aromatic N) is 2. The number of ether oxygens (including phenoxy) is 3. The van der Waals surface area contributed by atoms with Crippen LogP contribution in [-0.2, 0) is 30.4 Å². The van der Waals surface area contributed by atoms with Crippen LogP contribution >= 0.6 is 0 Å². The van der Waals surface area contributed by atoms with Crippen LogP contribution in [0.5, 0.6) is 0 Å². The summed E-state index contributed by atoms with van der Waals surface area (Å²) in [6, 6.07) is 17.4. The molecule has 0 radical (unpaired) electrons. The van der Waals surface area contributed by atoms with Crippen LogP contribution in [0.15, 0.2) is 77.1 Å². The molecular weight excluding hydrogens is 452 g/mol. The van der Waals surface area contributed by atoms with Crippen molar-refractivity contribution in [1.29, 1.82) is 0 Å². The van der Waals surface area contributed by atoms with Crippen LogP contribution in [0.2, 0.25) is 0 Å². The molecule has 0 bridgehead atoms. The molecule has 2 aromatic carbocycles. The van der Waals surface area contributed by atoms with Crippen LogP contribution in [0.25, 0.3) is 0 Å². The molecule has 1 unspecified atom stereocenters. The van der Waals surface area contributed by atoms with Gasteiger partial charge in [-0.25, -0.2) is 14.6 Å². The molecule has 3 rings (SSSR count). The lowest BCUT2D eigenvalue weighted by Crippen LogP contribution is -2.49. The summed E-state index contributed by atoms with van der Waals surface area (Å²) in [6.07, 6.45) is -1.60. The minimum absolute atomic E-state index is 0.0800. The number of aliphatic hydroxyl groups excluding tert-OH is 1. The van der Waals surface area contributed by atoms with E-state index in [0.717, 1.165) is 12.7 Å². The number of carbonyl (C=O) groups is 3. The van der Waals surface area contributed by atoms with Gasteiger partial charge in [-0.2, -0.15) is 0 Å². The summed E-state index contributed by atoms with van der Waals surface area (Å²) in [4.78, 5) is 43.4. The highest BCUT2D eigenvalue weighted by molar-refractivity contribution is 5.99. The normalized spacial score (nSPS) is 15.9. The van der Waals surface area contributed by atoms with E-state index in [1.165, 1.54) is 11.9 Å². The highest BCUT2D eigenvalue weighted by Crippen LogP contribution is 2.33. The molecule has 9 nitrogen and oxygen atoms in total. The molecule has 184 valence electrons. The van der Waals surface area contributed by atoms with E-state index in [1.54, 1.807) is 44.2 Å². The average Bonchev–Trinajstić information content (AvgIpc) is 2.86. The number of likely N-dealkylation sites (N-methyl/N-ethyl adjacent to an activating group) is 1. The van der Waals surface area contributed by atoms with Gasteiger partial charge in [-0.05, 0) is 17.7 Å². The van der Waals surface area contributed by atoms with Crippen LogP contribution < -0.4 is 0 Å². The Kier molecular flexibility index (Phi) is 8.03. The number of methoxy groups -OCH3 is 1. The first-order valence-corrected chi connectivity index (χ1v) is 10.9. The van der Waals surface area contributed by atoms with Crippen molar-refractivity contribution in [3.05, 3.63) is 83.2 Å². The van der Waals surface area contributed by atoms with Crippen LogP contribution in [0.3, 0.4) is 0 Å². The first-order chi connectivity index (χ1) is 16.6. The molecule has 1 atom stereocenters. The lowest BCUT2D eigenvalue weighted by molar-refractivity contribution is -0.146. The lowest BCUT2D eigenvalue weighted by Gasteiger charge is -2.38. The monoisotopic (exact) mass is 480 g/mol. The summed E-state index contributed by atoms with van der Waals surface area (Å²) >= 11 is 0. The Morgan fingerprint density at radius 1 is 1.00 bits per heavy atom. The van der Waals surface area contributed by atoms with Crippen LogP contribution in [0.1, 0.15) is 36.2 Å². The SMILES string of the molecule is COC(=O)C1=C(OC(=O)c2ccccc2)C(O)N(C)C(C(C)(C)CC(=O)OCc2ccccc2)=N1. The number of hydrogen-bond acceptors (Lipinski definition) is 9. The maximum Gasteiger partial charge on any atom is 0.360 e. The van der Waals surface area contributed by atoms with Crippen molar-refractivity contribution in [2.24, 2.45) is 10.4 Å². The van der Waals surface area contributed by atoms with Crippen molar-refractivity contribution < 1.29 is 33.7 Å². The van der Waals surface area contributed by atoms with Gasteiger partial charge in [0.05, 0.1) is 19.1 Å². The fourth-order valence-electron chi connectivity index (χ4n) is 3.59. The molecule has 0 amide bonds. The van der Waals surface area contributed by atoms with Gasteiger partial charge in [-0.3, -0.25) is 4.79 Å². The molecule has 1 aliphatic rings. The molecular formula is C26H28N2O7. The second kappa shape index (κ2) is 11.0. The molecule has 1 heterocycles. The highest BCUT2D eigenvalue weighted by atomic mass is 16.6. The maximum absolute atomic E-state index is 12.6. The minimum atomic E-state index is -1.52. The smallest absolute Gasteiger partial charge is 0.360 e. The zero-order chi connectivity index (χ0) is 25.6. The number of aliphatic imine (C=N–C) groups is 1. The third-order valence-corrected chi connectivity index (χ3v) is 5.41. The molecule has 1 N–H and O–H groups in total. The van der Waals surface area contributed by atoms with Gasteiger partial charge in [-0.1, -0.05) is 62.4 Å². The third kappa shape index (κ3) is 6.13. The van der Waals surface area contributed by atoms with E-state index in [-0.39, 0.29) is 35.9 Å². The van der Waals surface area contributed by atoms with Crippen molar-refractivity contribution in [3.8, 4) is 0 Å². The molecule has 0 spiro atoms. The Labute approximate surface area is 203 Å². The summed E-state index contributed by atoms with van der Waals surface area (Å²) < 4.78 is 15.6. The van der Waals surface area contributed by atoms with E-state index in [9.17, 15) is 19.5 Å². The van der Waals surface area contributed by atoms with Crippen molar-refractivity contribution in [2.75, 3.05) is 14.2 Å². The number of carbonyl (C=O) groups excluding carboxylic acids is 3. The third-order valence-electron chi connectivity index (χ3n) is 5.41. The topological polar surface area (TPSA) is 115 Å². The number of esters is 3. The van der Waals surface area contributed by atoms with Gasteiger partial charge in [0.2, 0.25) is 0 Å². The molecule has 0 saturated heterocycles. The summed E-state index contributed by atoms with van der Waals surface area (Å²) in [6.45, 7) is 3.58. The minimum Gasteiger partial charge on any atom is -0.464 e. The van der Waals surface area contributed by atoms with Gasteiger partial charge in [-0.15, -0.1) is 0 Å². The summed E-state index contributed by atoms with van der Waals surface area (Å²) in [5.74, 6) is -2.28. The quantitative estimate of drug-likeness (QED) is 0.453. The van der Waals surface area contributed by atoms with E-state index in [0.29, 0.717) is 0 Å². The molecule has 9 heteroatoms. The second-order valence-electron chi connectivity index (χ2n) is 8.59. The van der Waals surface area contributed by atoms with Crippen LogP contribution in [0.4, 0.5) is 0 Å². The molecule has 2 aromatic rings. The largest absolute Gasteiger partial charge is 0.464 e.